The minimum absolute atomic E-state index is 0.0352. The third-order valence-electron chi connectivity index (χ3n) is 8.88. The molecule has 1 aromatic carbocycles. The van der Waals surface area contributed by atoms with Crippen LogP contribution in [-0.4, -0.2) is 89.0 Å². The van der Waals surface area contributed by atoms with Gasteiger partial charge >= 0.3 is 12.1 Å². The molecule has 43 heavy (non-hydrogen) atoms. The van der Waals surface area contributed by atoms with Gasteiger partial charge in [0.1, 0.15) is 23.5 Å². The number of aromatic nitrogens is 2. The number of amides is 1. The van der Waals surface area contributed by atoms with Crippen molar-refractivity contribution in [3.8, 4) is 11.8 Å². The van der Waals surface area contributed by atoms with E-state index in [0.717, 1.165) is 19.3 Å². The largest absolute Gasteiger partial charge is 0.493 e. The van der Waals surface area contributed by atoms with E-state index in [1.54, 1.807) is 4.90 Å². The Bertz CT molecular complexity index is 1490. The van der Waals surface area contributed by atoms with Crippen molar-refractivity contribution >= 4 is 38.7 Å². The Morgan fingerprint density at radius 3 is 2.44 bits per heavy atom. The highest BCUT2D eigenvalue weighted by Gasteiger charge is 2.49. The molecule has 2 unspecified atom stereocenters. The number of hydrogen-bond acceptors (Lipinski definition) is 8. The Kier molecular flexibility index (Phi) is 7.67. The van der Waals surface area contributed by atoms with Gasteiger partial charge in [-0.2, -0.15) is 18.7 Å². The normalized spacial score (nSPS) is 25.5. The fourth-order valence-corrected chi connectivity index (χ4v) is 7.41. The smallest absolute Gasteiger partial charge is 0.410 e. The number of anilines is 1. The molecule has 3 atom stereocenters. The summed E-state index contributed by atoms with van der Waals surface area (Å²) in [6.07, 6.45) is 1.08. The van der Waals surface area contributed by atoms with Crippen LogP contribution in [0.5, 0.6) is 11.8 Å². The van der Waals surface area contributed by atoms with E-state index in [0.29, 0.717) is 26.1 Å². The maximum Gasteiger partial charge on any atom is 0.410 e. The number of hydrogen-bond donors (Lipinski definition) is 0. The maximum absolute atomic E-state index is 15.6. The first kappa shape index (κ1) is 30.2. The molecule has 0 saturated carbocycles. The van der Waals surface area contributed by atoms with Gasteiger partial charge in [-0.3, -0.25) is 9.80 Å². The minimum atomic E-state index is -1.67. The fourth-order valence-electron chi connectivity index (χ4n) is 7.04. The average Bonchev–Trinajstić information content (AvgIpc) is 3.58. The van der Waals surface area contributed by atoms with Crippen molar-refractivity contribution in [2.45, 2.75) is 76.1 Å². The molecule has 4 saturated heterocycles. The zero-order valence-corrected chi connectivity index (χ0v) is 26.1. The van der Waals surface area contributed by atoms with Gasteiger partial charge in [0.15, 0.2) is 17.4 Å². The van der Waals surface area contributed by atoms with E-state index in [-0.39, 0.29) is 65.7 Å². The highest BCUT2D eigenvalue weighted by molar-refractivity contribution is 9.10. The second-order valence-corrected chi connectivity index (χ2v) is 13.6. The number of nitrogens with zero attached hydrogens (tertiary/aromatic N) is 5. The van der Waals surface area contributed by atoms with Crippen LogP contribution >= 0.6 is 15.9 Å². The Morgan fingerprint density at radius 2 is 1.81 bits per heavy atom. The van der Waals surface area contributed by atoms with Gasteiger partial charge in [-0.25, -0.2) is 13.6 Å². The summed E-state index contributed by atoms with van der Waals surface area (Å²) in [6, 6.07) is -0.558. The van der Waals surface area contributed by atoms with Gasteiger partial charge in [0, 0.05) is 25.2 Å². The van der Waals surface area contributed by atoms with Gasteiger partial charge in [-0.1, -0.05) is 0 Å². The van der Waals surface area contributed by atoms with Gasteiger partial charge in [0.05, 0.1) is 34.6 Å². The van der Waals surface area contributed by atoms with E-state index in [9.17, 15) is 13.6 Å². The molecular weight excluding hydrogens is 638 g/mol. The van der Waals surface area contributed by atoms with Gasteiger partial charge in [0.25, 0.3) is 6.08 Å². The Morgan fingerprint density at radius 1 is 1.12 bits per heavy atom. The molecular formula is C29H34BrF4N5O4. The molecule has 14 heteroatoms. The van der Waals surface area contributed by atoms with E-state index < -0.39 is 39.4 Å². The van der Waals surface area contributed by atoms with Gasteiger partial charge in [-0.15, -0.1) is 0 Å². The number of fused-ring (bicyclic) bond motifs is 4. The molecule has 2 aromatic rings. The highest BCUT2D eigenvalue weighted by atomic mass is 79.9. The molecule has 9 nitrogen and oxygen atoms in total. The zero-order chi connectivity index (χ0) is 30.8. The molecule has 6 rings (SSSR count). The molecule has 1 amide bonds. The average molecular weight is 673 g/mol. The Labute approximate surface area is 255 Å². The second-order valence-electron chi connectivity index (χ2n) is 12.8. The number of rotatable bonds is 5. The summed E-state index contributed by atoms with van der Waals surface area (Å²) < 4.78 is 74.6. The maximum atomic E-state index is 15.6. The van der Waals surface area contributed by atoms with Crippen LogP contribution in [0, 0.1) is 11.6 Å². The van der Waals surface area contributed by atoms with Crippen LogP contribution < -0.4 is 14.4 Å². The lowest BCUT2D eigenvalue weighted by atomic mass is 9.94. The quantitative estimate of drug-likeness (QED) is 0.282. The number of benzene rings is 1. The summed E-state index contributed by atoms with van der Waals surface area (Å²) in [5, 5.41) is 0.0458. The molecule has 5 heterocycles. The number of carbonyl (C=O) groups excluding carboxylic acids is 1. The molecule has 0 N–H and O–H groups in total. The predicted octanol–water partition coefficient (Wildman–Crippen LogP) is 6.03. The summed E-state index contributed by atoms with van der Waals surface area (Å²) in [7, 11) is 1.28. The molecule has 234 valence electrons. The van der Waals surface area contributed by atoms with Crippen LogP contribution in [0.2, 0.25) is 0 Å². The first-order chi connectivity index (χ1) is 20.3. The second kappa shape index (κ2) is 10.9. The van der Waals surface area contributed by atoms with Crippen molar-refractivity contribution in [3.05, 3.63) is 27.8 Å². The van der Waals surface area contributed by atoms with Crippen molar-refractivity contribution in [2.75, 3.05) is 44.8 Å². The molecule has 0 spiro atoms. The molecule has 0 radical (unpaired) electrons. The van der Waals surface area contributed by atoms with Crippen LogP contribution in [0.4, 0.5) is 28.2 Å². The standard InChI is InChI=1S/C29H34BrF4N5O4/c1-28(2,3)43-27(40)39-16-6-7-17(39)13-37(12-16)25-18-22(20(31)19(30)21(32)23(18)41-4)35-26(36-25)42-14-29-8-5-9-38(29)11-15(10-29)24(33)34/h16-17H,5-14H2,1-4H3/t16?,17?,29-/m0/s1. The van der Waals surface area contributed by atoms with Crippen LogP contribution in [-0.2, 0) is 4.74 Å². The molecule has 4 aliphatic rings. The predicted molar refractivity (Wildman–Crippen MR) is 154 cm³/mol. The first-order valence-electron chi connectivity index (χ1n) is 14.4. The zero-order valence-electron chi connectivity index (χ0n) is 24.5. The van der Waals surface area contributed by atoms with Crippen molar-refractivity contribution in [1.29, 1.82) is 0 Å². The van der Waals surface area contributed by atoms with Crippen LogP contribution in [0.1, 0.15) is 52.9 Å². The molecule has 4 aliphatic heterocycles. The number of carbonyl (C=O) groups is 1. The van der Waals surface area contributed by atoms with Gasteiger partial charge < -0.3 is 19.1 Å². The molecule has 0 aliphatic carbocycles. The lowest BCUT2D eigenvalue weighted by Gasteiger charge is -2.42. The minimum Gasteiger partial charge on any atom is -0.493 e. The van der Waals surface area contributed by atoms with E-state index in [1.165, 1.54) is 7.11 Å². The van der Waals surface area contributed by atoms with Gasteiger partial charge in [0.2, 0.25) is 0 Å². The SMILES string of the molecule is COc1c(F)c(Br)c(F)c2nc(OC[C@@]34CCCN3CC(=C(F)F)C4)nc(N3CC4CCC(C3)N4C(=O)OC(C)(C)C)c12. The van der Waals surface area contributed by atoms with E-state index in [4.69, 9.17) is 14.2 Å². The lowest BCUT2D eigenvalue weighted by Crippen LogP contribution is -2.57. The van der Waals surface area contributed by atoms with E-state index >= 15 is 8.78 Å². The molecule has 2 bridgehead atoms. The van der Waals surface area contributed by atoms with E-state index in [2.05, 4.69) is 25.9 Å². The lowest BCUT2D eigenvalue weighted by molar-refractivity contribution is 0.0122. The van der Waals surface area contributed by atoms with Gasteiger partial charge in [-0.05, 0) is 75.4 Å². The number of methoxy groups -OCH3 is 1. The summed E-state index contributed by atoms with van der Waals surface area (Å²) >= 11 is 2.98. The van der Waals surface area contributed by atoms with Crippen LogP contribution in [0.25, 0.3) is 10.9 Å². The summed E-state index contributed by atoms with van der Waals surface area (Å²) in [5.74, 6) is -1.88. The third kappa shape index (κ3) is 5.27. The van der Waals surface area contributed by atoms with Crippen molar-refractivity contribution in [2.24, 2.45) is 0 Å². The fraction of sp³-hybridized carbons (Fsp3) is 0.621. The van der Waals surface area contributed by atoms with Crippen LogP contribution in [0.15, 0.2) is 16.1 Å². The Balaban J connectivity index is 1.37. The molecule has 1 aromatic heterocycles. The summed E-state index contributed by atoms with van der Waals surface area (Å²) in [5.41, 5.74) is -1.39. The number of halogens is 5. The van der Waals surface area contributed by atoms with Crippen molar-refractivity contribution < 1.29 is 36.6 Å². The van der Waals surface area contributed by atoms with Crippen molar-refractivity contribution in [1.82, 2.24) is 19.8 Å². The van der Waals surface area contributed by atoms with E-state index in [1.807, 2.05) is 30.6 Å². The van der Waals surface area contributed by atoms with Crippen molar-refractivity contribution in [3.63, 3.8) is 0 Å². The third-order valence-corrected chi connectivity index (χ3v) is 9.58. The first-order valence-corrected chi connectivity index (χ1v) is 15.2. The van der Waals surface area contributed by atoms with Crippen LogP contribution in [0.3, 0.4) is 0 Å². The summed E-state index contributed by atoms with van der Waals surface area (Å²) in [4.78, 5) is 27.6. The Hall–Kier alpha value is -2.87. The number of piperazine rings is 1. The highest BCUT2D eigenvalue weighted by Crippen LogP contribution is 2.45. The topological polar surface area (TPSA) is 80.3 Å². The number of ether oxygens (including phenoxy) is 3. The monoisotopic (exact) mass is 671 g/mol. The molecule has 4 fully saturated rings. The summed E-state index contributed by atoms with van der Waals surface area (Å²) in [6.45, 7) is 7.00.